The van der Waals surface area contributed by atoms with Crippen LogP contribution in [0, 0.1) is 12.7 Å². The topological polar surface area (TPSA) is 117 Å². The number of amides is 3. The third kappa shape index (κ3) is 5.30. The average Bonchev–Trinajstić information content (AvgIpc) is 3.42. The van der Waals surface area contributed by atoms with Gasteiger partial charge in [0.05, 0.1) is 11.2 Å². The highest BCUT2D eigenvalue weighted by Gasteiger charge is 2.40. The van der Waals surface area contributed by atoms with Crippen LogP contribution in [0.2, 0.25) is 0 Å². The summed E-state index contributed by atoms with van der Waals surface area (Å²) in [4.78, 5) is 41.5. The molecule has 0 unspecified atom stereocenters. The Kier molecular flexibility index (Phi) is 7.20. The van der Waals surface area contributed by atoms with Gasteiger partial charge in [-0.3, -0.25) is 14.4 Å². The van der Waals surface area contributed by atoms with Crippen LogP contribution in [0.25, 0.3) is 0 Å². The number of piperazine rings is 1. The summed E-state index contributed by atoms with van der Waals surface area (Å²) < 4.78 is 45.1. The van der Waals surface area contributed by atoms with Gasteiger partial charge in [-0.2, -0.15) is 0 Å². The van der Waals surface area contributed by atoms with Gasteiger partial charge in [0.15, 0.2) is 5.76 Å². The van der Waals surface area contributed by atoms with Crippen LogP contribution in [0.4, 0.5) is 4.39 Å². The second-order valence-corrected chi connectivity index (χ2v) is 10.3. The molecular weight excluding hydrogens is 489 g/mol. The van der Waals surface area contributed by atoms with Gasteiger partial charge in [-0.1, -0.05) is 17.7 Å². The predicted molar refractivity (Wildman–Crippen MR) is 127 cm³/mol. The van der Waals surface area contributed by atoms with Crippen LogP contribution in [0.1, 0.15) is 26.5 Å². The summed E-state index contributed by atoms with van der Waals surface area (Å²) in [6.45, 7) is 2.20. The van der Waals surface area contributed by atoms with Gasteiger partial charge < -0.3 is 19.5 Å². The Labute approximate surface area is 207 Å². The van der Waals surface area contributed by atoms with Gasteiger partial charge in [0.2, 0.25) is 15.2 Å². The number of nitrogens with zero attached hydrogens (tertiary/aromatic N) is 2. The van der Waals surface area contributed by atoms with Crippen LogP contribution < -0.4 is 5.32 Å². The molecule has 188 valence electrons. The van der Waals surface area contributed by atoms with Crippen LogP contribution >= 0.6 is 0 Å². The maximum absolute atomic E-state index is 13.4. The molecule has 0 radical (unpaired) electrons. The van der Waals surface area contributed by atoms with Crippen LogP contribution in [0.3, 0.4) is 0 Å². The molecule has 3 amide bonds. The predicted octanol–water partition coefficient (Wildman–Crippen LogP) is 2.24. The molecule has 0 saturated carbocycles. The number of halogens is 1. The van der Waals surface area contributed by atoms with E-state index >= 15 is 0 Å². The summed E-state index contributed by atoms with van der Waals surface area (Å²) in [5, 5.41) is 0.416. The van der Waals surface area contributed by atoms with E-state index in [0.717, 1.165) is 5.56 Å². The van der Waals surface area contributed by atoms with Crippen molar-refractivity contribution >= 4 is 27.6 Å². The lowest BCUT2D eigenvalue weighted by molar-refractivity contribution is -0.132. The van der Waals surface area contributed by atoms with Crippen molar-refractivity contribution in [3.63, 3.8) is 0 Å². The molecule has 9 nitrogen and oxygen atoms in total. The Morgan fingerprint density at radius 2 is 1.53 bits per heavy atom. The largest absolute Gasteiger partial charge is 0.459 e. The quantitative estimate of drug-likeness (QED) is 0.540. The van der Waals surface area contributed by atoms with Gasteiger partial charge in [-0.25, -0.2) is 12.8 Å². The normalized spacial score (nSPS) is 14.8. The van der Waals surface area contributed by atoms with Crippen molar-refractivity contribution in [1.82, 2.24) is 15.1 Å². The summed E-state index contributed by atoms with van der Waals surface area (Å²) in [6, 6.07) is 13.9. The molecule has 2 aromatic carbocycles. The molecule has 0 aliphatic carbocycles. The van der Waals surface area contributed by atoms with E-state index in [1.807, 2.05) is 0 Å². The molecule has 1 aromatic heterocycles. The summed E-state index contributed by atoms with van der Waals surface area (Å²) in [7, 11) is -4.31. The van der Waals surface area contributed by atoms with Crippen molar-refractivity contribution in [2.24, 2.45) is 0 Å². The van der Waals surface area contributed by atoms with Gasteiger partial charge in [0.1, 0.15) is 5.82 Å². The van der Waals surface area contributed by atoms with E-state index in [9.17, 15) is 27.2 Å². The summed E-state index contributed by atoms with van der Waals surface area (Å²) >= 11 is 0. The lowest BCUT2D eigenvalue weighted by atomic mass is 10.1. The zero-order valence-corrected chi connectivity index (χ0v) is 20.2. The molecule has 3 aromatic rings. The number of hydrogen-bond acceptors (Lipinski definition) is 6. The molecule has 4 rings (SSSR count). The van der Waals surface area contributed by atoms with Crippen molar-refractivity contribution in [1.29, 1.82) is 0 Å². The fourth-order valence-corrected chi connectivity index (χ4v) is 5.27. The van der Waals surface area contributed by atoms with Crippen molar-refractivity contribution in [2.75, 3.05) is 26.2 Å². The number of rotatable bonds is 6. The number of carbonyl (C=O) groups excluding carboxylic acids is 3. The highest BCUT2D eigenvalue weighted by atomic mass is 32.2. The van der Waals surface area contributed by atoms with E-state index in [2.05, 4.69) is 5.32 Å². The van der Waals surface area contributed by atoms with E-state index in [-0.39, 0.29) is 42.7 Å². The van der Waals surface area contributed by atoms with E-state index in [0.29, 0.717) is 5.56 Å². The van der Waals surface area contributed by atoms with E-state index in [4.69, 9.17) is 4.42 Å². The number of benzene rings is 2. The van der Waals surface area contributed by atoms with Crippen molar-refractivity contribution in [3.05, 3.63) is 89.6 Å². The zero-order valence-electron chi connectivity index (χ0n) is 19.4. The molecule has 11 heteroatoms. The first-order valence-electron chi connectivity index (χ1n) is 11.2. The maximum atomic E-state index is 13.4. The number of sulfone groups is 1. The molecule has 1 N–H and O–H groups in total. The van der Waals surface area contributed by atoms with Crippen molar-refractivity contribution < 1.29 is 31.6 Å². The number of carbonyl (C=O) groups is 3. The molecule has 0 spiro atoms. The number of hydrogen-bond donors (Lipinski definition) is 1. The third-order valence-corrected chi connectivity index (χ3v) is 7.73. The van der Waals surface area contributed by atoms with Gasteiger partial charge >= 0.3 is 0 Å². The van der Waals surface area contributed by atoms with Gasteiger partial charge in [0.25, 0.3) is 17.7 Å². The van der Waals surface area contributed by atoms with Crippen molar-refractivity contribution in [2.45, 2.75) is 17.2 Å². The van der Waals surface area contributed by atoms with Crippen LogP contribution in [-0.2, 0) is 14.6 Å². The highest BCUT2D eigenvalue weighted by molar-refractivity contribution is 7.92. The molecule has 1 fully saturated rings. The SMILES string of the molecule is Cc1ccc(S(=O)(=O)[C@@H](NC(=O)c2ccco2)C(=O)N2CCN(C(=O)c3ccc(F)cc3)CC2)cc1. The van der Waals surface area contributed by atoms with E-state index in [1.165, 1.54) is 64.6 Å². The Balaban J connectivity index is 1.53. The van der Waals surface area contributed by atoms with Crippen molar-refractivity contribution in [3.8, 4) is 0 Å². The summed E-state index contributed by atoms with van der Waals surface area (Å²) in [5.74, 6) is -2.58. The Morgan fingerprint density at radius 1 is 0.917 bits per heavy atom. The fraction of sp³-hybridized carbons (Fsp3) is 0.240. The minimum absolute atomic E-state index is 0.0578. The smallest absolute Gasteiger partial charge is 0.288 e. The van der Waals surface area contributed by atoms with Crippen LogP contribution in [-0.4, -0.2) is 67.5 Å². The molecule has 1 atom stereocenters. The van der Waals surface area contributed by atoms with Gasteiger partial charge in [-0.05, 0) is 55.5 Å². The van der Waals surface area contributed by atoms with Crippen LogP contribution in [0.5, 0.6) is 0 Å². The monoisotopic (exact) mass is 513 g/mol. The standard InChI is InChI=1S/C25H24FN3O6S/c1-17-4-10-20(11-5-17)36(33,34)23(27-22(30)21-3-2-16-35-21)25(32)29-14-12-28(13-15-29)24(31)18-6-8-19(26)9-7-18/h2-11,16,23H,12-15H2,1H3,(H,27,30)/t23-/m1/s1. The lowest BCUT2D eigenvalue weighted by Gasteiger charge is -2.36. The highest BCUT2D eigenvalue weighted by Crippen LogP contribution is 2.19. The molecule has 2 heterocycles. The molecule has 1 aliphatic rings. The van der Waals surface area contributed by atoms with Gasteiger partial charge in [0, 0.05) is 31.7 Å². The Hall–Kier alpha value is -3.99. The first-order valence-corrected chi connectivity index (χ1v) is 12.7. The molecule has 1 aliphatic heterocycles. The molecule has 1 saturated heterocycles. The number of furan rings is 1. The first kappa shape index (κ1) is 25.1. The third-order valence-electron chi connectivity index (χ3n) is 5.86. The molecule has 36 heavy (non-hydrogen) atoms. The zero-order chi connectivity index (χ0) is 25.9. The minimum atomic E-state index is -4.31. The number of aryl methyl sites for hydroxylation is 1. The molecular formula is C25H24FN3O6S. The Bertz CT molecular complexity index is 1350. The van der Waals surface area contributed by atoms with E-state index < -0.39 is 32.8 Å². The Morgan fingerprint density at radius 3 is 2.11 bits per heavy atom. The summed E-state index contributed by atoms with van der Waals surface area (Å²) in [6.07, 6.45) is 1.26. The summed E-state index contributed by atoms with van der Waals surface area (Å²) in [5.41, 5.74) is 1.14. The lowest BCUT2D eigenvalue weighted by Crippen LogP contribution is -2.57. The molecule has 0 bridgehead atoms. The minimum Gasteiger partial charge on any atom is -0.459 e. The van der Waals surface area contributed by atoms with E-state index in [1.54, 1.807) is 19.1 Å². The fourth-order valence-electron chi connectivity index (χ4n) is 3.80. The number of nitrogens with one attached hydrogen (secondary N) is 1. The van der Waals surface area contributed by atoms with Gasteiger partial charge in [-0.15, -0.1) is 0 Å². The van der Waals surface area contributed by atoms with Crippen LogP contribution in [0.15, 0.2) is 76.2 Å². The second-order valence-electron chi connectivity index (χ2n) is 8.31. The average molecular weight is 514 g/mol. The second kappa shape index (κ2) is 10.3. The first-order chi connectivity index (χ1) is 17.2. The maximum Gasteiger partial charge on any atom is 0.288 e.